The van der Waals surface area contributed by atoms with Crippen LogP contribution in [0.15, 0.2) is 18.2 Å². The first kappa shape index (κ1) is 15.8. The highest BCUT2D eigenvalue weighted by molar-refractivity contribution is 5.77. The molecule has 1 atom stereocenters. The van der Waals surface area contributed by atoms with Crippen molar-refractivity contribution in [2.24, 2.45) is 0 Å². The first-order chi connectivity index (χ1) is 9.58. The quantitative estimate of drug-likeness (QED) is 0.730. The van der Waals surface area contributed by atoms with E-state index in [2.05, 4.69) is 5.32 Å². The number of ether oxygens (including phenoxy) is 2. The fourth-order valence-corrected chi connectivity index (χ4v) is 1.52. The molecule has 0 aliphatic heterocycles. The molecular weight excluding hydrogens is 260 g/mol. The van der Waals surface area contributed by atoms with Crippen molar-refractivity contribution in [3.8, 4) is 17.6 Å². The van der Waals surface area contributed by atoms with Crippen LogP contribution < -0.4 is 14.8 Å². The number of nitrogens with one attached hydrogen (secondary N) is 1. The van der Waals surface area contributed by atoms with E-state index in [-0.39, 0.29) is 18.9 Å². The summed E-state index contributed by atoms with van der Waals surface area (Å²) in [6, 6.07) is 6.94. The Morgan fingerprint density at radius 1 is 1.50 bits per heavy atom. The van der Waals surface area contributed by atoms with Gasteiger partial charge in [-0.2, -0.15) is 5.26 Å². The summed E-state index contributed by atoms with van der Waals surface area (Å²) in [4.78, 5) is 11.4. The number of amides is 1. The Hall–Kier alpha value is -2.26. The molecule has 0 heterocycles. The van der Waals surface area contributed by atoms with Crippen LogP contribution >= 0.6 is 0 Å². The van der Waals surface area contributed by atoms with Gasteiger partial charge in [-0.1, -0.05) is 6.07 Å². The summed E-state index contributed by atoms with van der Waals surface area (Å²) in [7, 11) is 1.49. The number of rotatable bonds is 7. The van der Waals surface area contributed by atoms with Gasteiger partial charge >= 0.3 is 0 Å². The molecule has 0 aliphatic rings. The first-order valence-corrected chi connectivity index (χ1v) is 6.21. The molecule has 1 rings (SSSR count). The highest BCUT2D eigenvalue weighted by Gasteiger charge is 2.10. The Morgan fingerprint density at radius 2 is 2.25 bits per heavy atom. The summed E-state index contributed by atoms with van der Waals surface area (Å²) in [6.07, 6.45) is -0.342. The van der Waals surface area contributed by atoms with Crippen molar-refractivity contribution < 1.29 is 19.4 Å². The van der Waals surface area contributed by atoms with E-state index in [0.717, 1.165) is 0 Å². The van der Waals surface area contributed by atoms with Gasteiger partial charge in [0.25, 0.3) is 5.91 Å². The van der Waals surface area contributed by atoms with Gasteiger partial charge in [0.1, 0.15) is 0 Å². The van der Waals surface area contributed by atoms with Crippen LogP contribution in [0, 0.1) is 11.3 Å². The number of hydrogen-bond acceptors (Lipinski definition) is 5. The van der Waals surface area contributed by atoms with E-state index in [1.54, 1.807) is 25.1 Å². The molecule has 1 unspecified atom stereocenters. The Labute approximate surface area is 117 Å². The molecular formula is C14H18N2O4. The molecule has 6 heteroatoms. The Morgan fingerprint density at radius 3 is 2.85 bits per heavy atom. The molecule has 6 nitrogen and oxygen atoms in total. The van der Waals surface area contributed by atoms with Crippen molar-refractivity contribution >= 4 is 5.91 Å². The highest BCUT2D eigenvalue weighted by atomic mass is 16.5. The van der Waals surface area contributed by atoms with Crippen molar-refractivity contribution in [1.82, 2.24) is 5.32 Å². The van der Waals surface area contributed by atoms with E-state index in [1.807, 2.05) is 6.07 Å². The largest absolute Gasteiger partial charge is 0.493 e. The van der Waals surface area contributed by atoms with E-state index in [1.165, 1.54) is 7.11 Å². The second kappa shape index (κ2) is 8.02. The van der Waals surface area contributed by atoms with Crippen LogP contribution in [0.2, 0.25) is 0 Å². The Bertz CT molecular complexity index is 494. The molecule has 0 aromatic heterocycles. The molecule has 1 aromatic carbocycles. The lowest BCUT2D eigenvalue weighted by molar-refractivity contribution is -0.123. The smallest absolute Gasteiger partial charge is 0.257 e. The SMILES string of the molecule is COc1cc(C(C)O)ccc1OCC(=O)NCCC#N. The predicted molar refractivity (Wildman–Crippen MR) is 72.4 cm³/mol. The van der Waals surface area contributed by atoms with Gasteiger partial charge in [0.15, 0.2) is 18.1 Å². The number of carbonyl (C=O) groups is 1. The number of aliphatic hydroxyl groups is 1. The van der Waals surface area contributed by atoms with Crippen LogP contribution in [0.3, 0.4) is 0 Å². The second-order valence-electron chi connectivity index (χ2n) is 4.13. The zero-order chi connectivity index (χ0) is 15.0. The van der Waals surface area contributed by atoms with E-state index in [0.29, 0.717) is 23.6 Å². The lowest BCUT2D eigenvalue weighted by Gasteiger charge is -2.13. The van der Waals surface area contributed by atoms with Crippen molar-refractivity contribution in [1.29, 1.82) is 5.26 Å². The molecule has 0 radical (unpaired) electrons. The molecule has 1 amide bonds. The zero-order valence-corrected chi connectivity index (χ0v) is 11.5. The van der Waals surface area contributed by atoms with Gasteiger partial charge < -0.3 is 19.9 Å². The molecule has 0 spiro atoms. The molecule has 0 aliphatic carbocycles. The Balaban J connectivity index is 2.59. The van der Waals surface area contributed by atoms with Crippen LogP contribution in [0.4, 0.5) is 0 Å². The van der Waals surface area contributed by atoms with Gasteiger partial charge in [-0.25, -0.2) is 0 Å². The molecule has 0 fully saturated rings. The number of benzene rings is 1. The standard InChI is InChI=1S/C14H18N2O4/c1-10(17)11-4-5-12(13(8-11)19-2)20-9-14(18)16-7-3-6-15/h4-5,8,10,17H,3,7,9H2,1-2H3,(H,16,18). The highest BCUT2D eigenvalue weighted by Crippen LogP contribution is 2.30. The third kappa shape index (κ3) is 4.78. The maximum atomic E-state index is 11.4. The predicted octanol–water partition coefficient (Wildman–Crippen LogP) is 1.16. The minimum absolute atomic E-state index is 0.157. The molecule has 0 bridgehead atoms. The number of methoxy groups -OCH3 is 1. The lowest BCUT2D eigenvalue weighted by atomic mass is 10.1. The number of hydrogen-bond donors (Lipinski definition) is 2. The van der Waals surface area contributed by atoms with Crippen LogP contribution in [-0.2, 0) is 4.79 Å². The zero-order valence-electron chi connectivity index (χ0n) is 11.5. The number of nitrogens with zero attached hydrogens (tertiary/aromatic N) is 1. The fraction of sp³-hybridized carbons (Fsp3) is 0.429. The van der Waals surface area contributed by atoms with Crippen molar-refractivity contribution in [2.75, 3.05) is 20.3 Å². The lowest BCUT2D eigenvalue weighted by Crippen LogP contribution is -2.29. The maximum absolute atomic E-state index is 11.4. The van der Waals surface area contributed by atoms with Crippen molar-refractivity contribution in [2.45, 2.75) is 19.4 Å². The molecule has 108 valence electrons. The minimum atomic E-state index is -0.604. The van der Waals surface area contributed by atoms with E-state index >= 15 is 0 Å². The summed E-state index contributed by atoms with van der Waals surface area (Å²) in [5.41, 5.74) is 0.702. The van der Waals surface area contributed by atoms with Crippen LogP contribution in [0.25, 0.3) is 0 Å². The van der Waals surface area contributed by atoms with E-state index in [9.17, 15) is 9.90 Å². The minimum Gasteiger partial charge on any atom is -0.493 e. The van der Waals surface area contributed by atoms with Gasteiger partial charge in [0.2, 0.25) is 0 Å². The Kier molecular flexibility index (Phi) is 6.33. The summed E-state index contributed by atoms with van der Waals surface area (Å²) in [5, 5.41) is 20.4. The van der Waals surface area contributed by atoms with Crippen LogP contribution in [0.1, 0.15) is 25.0 Å². The van der Waals surface area contributed by atoms with Crippen LogP contribution in [0.5, 0.6) is 11.5 Å². The third-order valence-corrected chi connectivity index (χ3v) is 2.59. The van der Waals surface area contributed by atoms with E-state index < -0.39 is 6.10 Å². The van der Waals surface area contributed by atoms with Crippen LogP contribution in [-0.4, -0.2) is 31.3 Å². The summed E-state index contributed by atoms with van der Waals surface area (Å²) < 4.78 is 10.5. The van der Waals surface area contributed by atoms with Crippen molar-refractivity contribution in [3.05, 3.63) is 23.8 Å². The normalized spacial score (nSPS) is 11.3. The average Bonchev–Trinajstić information content (AvgIpc) is 2.45. The summed E-state index contributed by atoms with van der Waals surface area (Å²) in [6.45, 7) is 1.80. The number of nitriles is 1. The van der Waals surface area contributed by atoms with Gasteiger partial charge in [0, 0.05) is 6.54 Å². The molecule has 20 heavy (non-hydrogen) atoms. The maximum Gasteiger partial charge on any atom is 0.257 e. The van der Waals surface area contributed by atoms with Gasteiger partial charge in [0.05, 0.1) is 25.7 Å². The van der Waals surface area contributed by atoms with Gasteiger partial charge in [-0.05, 0) is 24.6 Å². The summed E-state index contributed by atoms with van der Waals surface area (Å²) in [5.74, 6) is 0.572. The third-order valence-electron chi connectivity index (χ3n) is 2.59. The summed E-state index contributed by atoms with van der Waals surface area (Å²) >= 11 is 0. The fourth-order valence-electron chi connectivity index (χ4n) is 1.52. The molecule has 0 saturated heterocycles. The number of aliphatic hydroxyl groups excluding tert-OH is 1. The first-order valence-electron chi connectivity index (χ1n) is 6.21. The number of carbonyl (C=O) groups excluding carboxylic acids is 1. The van der Waals surface area contributed by atoms with Gasteiger partial charge in [-0.15, -0.1) is 0 Å². The van der Waals surface area contributed by atoms with Crippen molar-refractivity contribution in [3.63, 3.8) is 0 Å². The van der Waals surface area contributed by atoms with E-state index in [4.69, 9.17) is 14.7 Å². The second-order valence-corrected chi connectivity index (χ2v) is 4.13. The molecule has 2 N–H and O–H groups in total. The topological polar surface area (TPSA) is 91.6 Å². The molecule has 1 aromatic rings. The monoisotopic (exact) mass is 278 g/mol. The van der Waals surface area contributed by atoms with Gasteiger partial charge in [-0.3, -0.25) is 4.79 Å². The molecule has 0 saturated carbocycles. The average molecular weight is 278 g/mol.